The molecule has 2 aromatic rings. The summed E-state index contributed by atoms with van der Waals surface area (Å²) in [6.07, 6.45) is 2.19. The van der Waals surface area contributed by atoms with Crippen molar-refractivity contribution in [2.45, 2.75) is 33.1 Å². The first-order valence-corrected chi connectivity index (χ1v) is 10.2. The van der Waals surface area contributed by atoms with E-state index in [1.807, 2.05) is 13.8 Å². The number of anilines is 2. The van der Waals surface area contributed by atoms with E-state index in [0.717, 1.165) is 6.42 Å². The van der Waals surface area contributed by atoms with Crippen molar-refractivity contribution in [1.82, 2.24) is 10.3 Å². The van der Waals surface area contributed by atoms with Gasteiger partial charge in [0, 0.05) is 36.7 Å². The molecule has 1 aromatic heterocycles. The molecule has 0 bridgehead atoms. The monoisotopic (exact) mass is 420 g/mol. The molecule has 0 aliphatic heterocycles. The molecule has 0 spiro atoms. The molecule has 0 unspecified atom stereocenters. The summed E-state index contributed by atoms with van der Waals surface area (Å²) < 4.78 is 13.6. The predicted octanol–water partition coefficient (Wildman–Crippen LogP) is 3.20. The zero-order valence-electron chi connectivity index (χ0n) is 16.5. The van der Waals surface area contributed by atoms with Crippen LogP contribution < -0.4 is 15.5 Å². The van der Waals surface area contributed by atoms with Crippen molar-refractivity contribution in [1.29, 1.82) is 0 Å². The molecule has 2 N–H and O–H groups in total. The first-order valence-electron chi connectivity index (χ1n) is 9.37. The molecule has 7 nitrogen and oxygen atoms in total. The lowest BCUT2D eigenvalue weighted by Crippen LogP contribution is -2.41. The van der Waals surface area contributed by atoms with Crippen LogP contribution in [0.15, 0.2) is 35.8 Å². The lowest BCUT2D eigenvalue weighted by molar-refractivity contribution is -0.125. The van der Waals surface area contributed by atoms with Gasteiger partial charge in [0.1, 0.15) is 12.4 Å². The Morgan fingerprint density at radius 1 is 1.21 bits per heavy atom. The van der Waals surface area contributed by atoms with E-state index in [1.54, 1.807) is 17.6 Å². The second kappa shape index (κ2) is 11.3. The Bertz CT molecular complexity index is 827. The van der Waals surface area contributed by atoms with Crippen molar-refractivity contribution in [3.05, 3.63) is 41.7 Å². The number of nitrogens with one attached hydrogen (secondary N) is 2. The van der Waals surface area contributed by atoms with Crippen molar-refractivity contribution < 1.29 is 18.8 Å². The lowest BCUT2D eigenvalue weighted by atomic mass is 10.1. The van der Waals surface area contributed by atoms with Gasteiger partial charge in [0.25, 0.3) is 0 Å². The zero-order chi connectivity index (χ0) is 21.2. The van der Waals surface area contributed by atoms with E-state index in [0.29, 0.717) is 17.6 Å². The van der Waals surface area contributed by atoms with E-state index in [2.05, 4.69) is 15.6 Å². The minimum absolute atomic E-state index is 0.0702. The molecule has 156 valence electrons. The number of carbonyl (C=O) groups is 3. The molecule has 0 fully saturated rings. The fourth-order valence-electron chi connectivity index (χ4n) is 2.49. The first kappa shape index (κ1) is 22.5. The third-order valence-electron chi connectivity index (χ3n) is 4.01. The van der Waals surface area contributed by atoms with Gasteiger partial charge in [-0.3, -0.25) is 14.4 Å². The van der Waals surface area contributed by atoms with Gasteiger partial charge in [-0.1, -0.05) is 19.9 Å². The average molecular weight is 421 g/mol. The van der Waals surface area contributed by atoms with Gasteiger partial charge in [0.05, 0.1) is 0 Å². The molecule has 2 rings (SSSR count). The number of halogens is 1. The molecule has 0 saturated carbocycles. The highest BCUT2D eigenvalue weighted by Gasteiger charge is 2.20. The Morgan fingerprint density at radius 3 is 2.66 bits per heavy atom. The van der Waals surface area contributed by atoms with Crippen molar-refractivity contribution >= 4 is 39.9 Å². The third-order valence-corrected chi connectivity index (χ3v) is 4.70. The van der Waals surface area contributed by atoms with E-state index in [-0.39, 0.29) is 36.9 Å². The predicted molar refractivity (Wildman–Crippen MR) is 111 cm³/mol. The highest BCUT2D eigenvalue weighted by Crippen LogP contribution is 2.18. The van der Waals surface area contributed by atoms with E-state index in [9.17, 15) is 18.8 Å². The highest BCUT2D eigenvalue weighted by molar-refractivity contribution is 7.13. The molecule has 0 aliphatic rings. The maximum Gasteiger partial charge on any atom is 0.240 e. The molecule has 0 radical (unpaired) electrons. The zero-order valence-corrected chi connectivity index (χ0v) is 17.3. The second-order valence-electron chi connectivity index (χ2n) is 6.88. The summed E-state index contributed by atoms with van der Waals surface area (Å²) in [5.41, 5.74) is 0.273. The Kier molecular flexibility index (Phi) is 8.72. The normalized spacial score (nSPS) is 10.6. The third kappa shape index (κ3) is 7.98. The van der Waals surface area contributed by atoms with Crippen LogP contribution in [-0.2, 0) is 14.4 Å². The molecular weight excluding hydrogens is 395 g/mol. The van der Waals surface area contributed by atoms with Crippen LogP contribution in [0, 0.1) is 11.7 Å². The minimum Gasteiger partial charge on any atom is -0.355 e. The van der Waals surface area contributed by atoms with Crippen LogP contribution in [0.4, 0.5) is 15.2 Å². The fourth-order valence-corrected chi connectivity index (χ4v) is 3.03. The lowest BCUT2D eigenvalue weighted by Gasteiger charge is -2.22. The number of hydrogen-bond donors (Lipinski definition) is 2. The average Bonchev–Trinajstić information content (AvgIpc) is 3.17. The van der Waals surface area contributed by atoms with Gasteiger partial charge in [0.15, 0.2) is 5.13 Å². The number of thiazole rings is 1. The molecule has 0 atom stereocenters. The van der Waals surface area contributed by atoms with Crippen LogP contribution in [0.5, 0.6) is 0 Å². The van der Waals surface area contributed by atoms with Gasteiger partial charge in [0.2, 0.25) is 17.7 Å². The summed E-state index contributed by atoms with van der Waals surface area (Å²) in [5, 5.41) is 7.55. The summed E-state index contributed by atoms with van der Waals surface area (Å²) in [4.78, 5) is 42.1. The van der Waals surface area contributed by atoms with Crippen LogP contribution in [-0.4, -0.2) is 35.8 Å². The van der Waals surface area contributed by atoms with Crippen molar-refractivity contribution in [3.63, 3.8) is 0 Å². The Morgan fingerprint density at radius 2 is 2.00 bits per heavy atom. The number of hydrogen-bond acceptors (Lipinski definition) is 5. The van der Waals surface area contributed by atoms with Gasteiger partial charge in [-0.05, 0) is 30.5 Å². The number of nitrogens with zero attached hydrogens (tertiary/aromatic N) is 2. The Hall–Kier alpha value is -2.81. The molecule has 9 heteroatoms. The molecular formula is C20H25FN4O3S. The summed E-state index contributed by atoms with van der Waals surface area (Å²) >= 11 is 1.28. The van der Waals surface area contributed by atoms with Gasteiger partial charge in [-0.25, -0.2) is 9.37 Å². The fraction of sp³-hybridized carbons (Fsp3) is 0.400. The summed E-state index contributed by atoms with van der Waals surface area (Å²) in [6.45, 7) is 4.35. The molecule has 1 heterocycles. The van der Waals surface area contributed by atoms with Crippen molar-refractivity contribution in [2.24, 2.45) is 5.92 Å². The smallest absolute Gasteiger partial charge is 0.240 e. The summed E-state index contributed by atoms with van der Waals surface area (Å²) in [6, 6.07) is 5.47. The molecule has 0 saturated heterocycles. The van der Waals surface area contributed by atoms with E-state index >= 15 is 0 Å². The van der Waals surface area contributed by atoms with Gasteiger partial charge in [-0.15, -0.1) is 11.3 Å². The number of aromatic nitrogens is 1. The van der Waals surface area contributed by atoms with Crippen LogP contribution in [0.2, 0.25) is 0 Å². The number of rotatable bonds is 10. The van der Waals surface area contributed by atoms with E-state index < -0.39 is 11.7 Å². The largest absolute Gasteiger partial charge is 0.355 e. The molecule has 1 aromatic carbocycles. The quantitative estimate of drug-likeness (QED) is 0.618. The van der Waals surface area contributed by atoms with Gasteiger partial charge < -0.3 is 15.5 Å². The van der Waals surface area contributed by atoms with E-state index in [1.165, 1.54) is 34.4 Å². The number of amides is 3. The summed E-state index contributed by atoms with van der Waals surface area (Å²) in [5.74, 6) is -1.21. The highest BCUT2D eigenvalue weighted by atomic mass is 32.1. The SMILES string of the molecule is CC(C)CCNC(=O)CN(C(=O)CCC(=O)Nc1nccs1)c1cccc(F)c1. The standard InChI is InChI=1S/C20H25FN4O3S/c1-14(2)8-9-22-18(27)13-25(16-5-3-4-15(21)12-16)19(28)7-6-17(26)24-20-23-10-11-29-20/h3-5,10-12,14H,6-9,13H2,1-2H3,(H,22,27)(H,23,24,26). The van der Waals surface area contributed by atoms with E-state index in [4.69, 9.17) is 0 Å². The van der Waals surface area contributed by atoms with Gasteiger partial charge >= 0.3 is 0 Å². The molecule has 29 heavy (non-hydrogen) atoms. The number of carbonyl (C=O) groups excluding carboxylic acids is 3. The van der Waals surface area contributed by atoms with Crippen molar-refractivity contribution in [3.8, 4) is 0 Å². The van der Waals surface area contributed by atoms with Crippen molar-refractivity contribution in [2.75, 3.05) is 23.3 Å². The maximum atomic E-state index is 13.6. The minimum atomic E-state index is -0.512. The van der Waals surface area contributed by atoms with Crippen LogP contribution in [0.25, 0.3) is 0 Å². The topological polar surface area (TPSA) is 91.4 Å². The summed E-state index contributed by atoms with van der Waals surface area (Å²) in [7, 11) is 0. The van der Waals surface area contributed by atoms with Crippen LogP contribution >= 0.6 is 11.3 Å². The first-order chi connectivity index (χ1) is 13.8. The van der Waals surface area contributed by atoms with Gasteiger partial charge in [-0.2, -0.15) is 0 Å². The van der Waals surface area contributed by atoms with Crippen LogP contribution in [0.1, 0.15) is 33.1 Å². The molecule has 3 amide bonds. The molecule has 0 aliphatic carbocycles. The Labute approximate surface area is 173 Å². The number of benzene rings is 1. The van der Waals surface area contributed by atoms with Crippen LogP contribution in [0.3, 0.4) is 0 Å². The Balaban J connectivity index is 1.98. The maximum absolute atomic E-state index is 13.6. The second-order valence-corrected chi connectivity index (χ2v) is 7.77.